The number of anilines is 2. The Hall–Kier alpha value is -3.39. The lowest BCUT2D eigenvalue weighted by atomic mass is 10.0. The second kappa shape index (κ2) is 10.2. The van der Waals surface area contributed by atoms with E-state index in [-0.39, 0.29) is 12.1 Å². The molecular weight excluding hydrogens is 502 g/mol. The Kier molecular flexibility index (Phi) is 6.59. The smallest absolute Gasteiger partial charge is 0.174 e. The molecule has 0 unspecified atom stereocenters. The minimum atomic E-state index is -0.116. The number of pyridine rings is 1. The highest BCUT2D eigenvalue weighted by Gasteiger charge is 2.42. The molecule has 4 heterocycles. The van der Waals surface area contributed by atoms with Gasteiger partial charge in [0.1, 0.15) is 6.04 Å². The van der Waals surface area contributed by atoms with Crippen LogP contribution in [0, 0.1) is 6.92 Å². The van der Waals surface area contributed by atoms with Gasteiger partial charge in [-0.25, -0.2) is 0 Å². The zero-order valence-corrected chi connectivity index (χ0v) is 22.1. The van der Waals surface area contributed by atoms with Gasteiger partial charge in [-0.1, -0.05) is 17.7 Å². The van der Waals surface area contributed by atoms with Crippen LogP contribution in [0.3, 0.4) is 0 Å². The van der Waals surface area contributed by atoms with Crippen LogP contribution in [0.1, 0.15) is 29.0 Å². The Balaban J connectivity index is 1.42. The lowest BCUT2D eigenvalue weighted by molar-refractivity contribution is 0.122. The van der Waals surface area contributed by atoms with Crippen LogP contribution < -0.4 is 15.1 Å². The monoisotopic (exact) mass is 529 g/mol. The molecule has 4 aromatic rings. The Morgan fingerprint density at radius 1 is 0.946 bits per heavy atom. The highest BCUT2D eigenvalue weighted by atomic mass is 35.5. The molecule has 6 rings (SSSR count). The Morgan fingerprint density at radius 2 is 1.70 bits per heavy atom. The van der Waals surface area contributed by atoms with Crippen molar-refractivity contribution in [3.05, 3.63) is 107 Å². The Labute approximate surface area is 227 Å². The van der Waals surface area contributed by atoms with Crippen molar-refractivity contribution >= 4 is 40.3 Å². The molecule has 6 nitrogen and oxygen atoms in total. The summed E-state index contributed by atoms with van der Waals surface area (Å²) in [6, 6.07) is 24.8. The zero-order valence-electron chi connectivity index (χ0n) is 20.5. The molecule has 2 saturated heterocycles. The first-order valence-electron chi connectivity index (χ1n) is 12.5. The number of ether oxygens (including phenoxy) is 1. The summed E-state index contributed by atoms with van der Waals surface area (Å²) >= 11 is 12.3. The predicted octanol–water partition coefficient (Wildman–Crippen LogP) is 5.85. The molecule has 37 heavy (non-hydrogen) atoms. The average Bonchev–Trinajstić information content (AvgIpc) is 3.56. The summed E-state index contributed by atoms with van der Waals surface area (Å²) in [6.45, 7) is 5.36. The first-order valence-corrected chi connectivity index (χ1v) is 13.3. The van der Waals surface area contributed by atoms with Crippen LogP contribution >= 0.6 is 23.8 Å². The number of nitrogens with zero attached hydrogens (tertiary/aromatic N) is 4. The normalized spacial score (nSPS) is 19.8. The van der Waals surface area contributed by atoms with Crippen molar-refractivity contribution < 1.29 is 4.74 Å². The molecule has 0 amide bonds. The van der Waals surface area contributed by atoms with Crippen molar-refractivity contribution in [3.8, 4) is 5.69 Å². The van der Waals surface area contributed by atoms with Gasteiger partial charge in [0.2, 0.25) is 0 Å². The summed E-state index contributed by atoms with van der Waals surface area (Å²) in [7, 11) is 0. The second-order valence-electron chi connectivity index (χ2n) is 9.35. The number of hydrogen-bond donors (Lipinski definition) is 1. The largest absolute Gasteiger partial charge is 0.378 e. The topological polar surface area (TPSA) is 45.6 Å². The number of aromatic nitrogens is 2. The minimum Gasteiger partial charge on any atom is -0.378 e. The number of benzene rings is 2. The van der Waals surface area contributed by atoms with Gasteiger partial charge < -0.3 is 24.4 Å². The van der Waals surface area contributed by atoms with Crippen LogP contribution in [0.25, 0.3) is 5.69 Å². The quantitative estimate of drug-likeness (QED) is 0.327. The molecule has 2 aliphatic rings. The fourth-order valence-corrected chi connectivity index (χ4v) is 5.69. The third-order valence-corrected chi connectivity index (χ3v) is 7.84. The van der Waals surface area contributed by atoms with Gasteiger partial charge in [0.05, 0.1) is 24.9 Å². The SMILES string of the molecule is Cc1cc(-n2cccc2[C@@H]2[C@@H](c3ccccn3)NC(=S)N2c2ccc(N3CCOCC3)cc2)ccc1Cl. The first-order chi connectivity index (χ1) is 18.1. The lowest BCUT2D eigenvalue weighted by Crippen LogP contribution is -2.36. The highest BCUT2D eigenvalue weighted by molar-refractivity contribution is 7.80. The van der Waals surface area contributed by atoms with Gasteiger partial charge in [-0.3, -0.25) is 4.98 Å². The van der Waals surface area contributed by atoms with E-state index in [1.807, 2.05) is 31.3 Å². The maximum absolute atomic E-state index is 6.34. The van der Waals surface area contributed by atoms with E-state index in [4.69, 9.17) is 33.5 Å². The minimum absolute atomic E-state index is 0.109. The molecule has 1 N–H and O–H groups in total. The first kappa shape index (κ1) is 24.0. The molecule has 2 aliphatic heterocycles. The van der Waals surface area contributed by atoms with E-state index in [0.717, 1.165) is 59.7 Å². The molecule has 2 aromatic heterocycles. The van der Waals surface area contributed by atoms with E-state index in [0.29, 0.717) is 5.11 Å². The number of aryl methyl sites for hydroxylation is 1. The maximum atomic E-state index is 6.34. The van der Waals surface area contributed by atoms with Crippen LogP contribution in [0.5, 0.6) is 0 Å². The van der Waals surface area contributed by atoms with Gasteiger partial charge in [0, 0.05) is 53.3 Å². The Morgan fingerprint density at radius 3 is 2.43 bits per heavy atom. The van der Waals surface area contributed by atoms with Crippen LogP contribution in [-0.4, -0.2) is 41.0 Å². The molecule has 2 fully saturated rings. The van der Waals surface area contributed by atoms with Gasteiger partial charge in [0.25, 0.3) is 0 Å². The summed E-state index contributed by atoms with van der Waals surface area (Å²) in [5, 5.41) is 5.01. The van der Waals surface area contributed by atoms with E-state index in [2.05, 4.69) is 80.5 Å². The van der Waals surface area contributed by atoms with Crippen LogP contribution in [0.15, 0.2) is 85.2 Å². The molecule has 0 saturated carbocycles. The number of morpholine rings is 1. The van der Waals surface area contributed by atoms with Crippen molar-refractivity contribution in [3.63, 3.8) is 0 Å². The second-order valence-corrected chi connectivity index (χ2v) is 10.1. The number of rotatable bonds is 5. The third kappa shape index (κ3) is 4.59. The molecule has 8 heteroatoms. The van der Waals surface area contributed by atoms with E-state index in [1.54, 1.807) is 0 Å². The predicted molar refractivity (Wildman–Crippen MR) is 153 cm³/mol. The van der Waals surface area contributed by atoms with Gasteiger partial charge >= 0.3 is 0 Å². The van der Waals surface area contributed by atoms with Gasteiger partial charge in [0.15, 0.2) is 5.11 Å². The van der Waals surface area contributed by atoms with Crippen LogP contribution in [-0.2, 0) is 4.74 Å². The van der Waals surface area contributed by atoms with Crippen molar-refractivity contribution in [2.24, 2.45) is 0 Å². The van der Waals surface area contributed by atoms with E-state index in [1.165, 1.54) is 5.69 Å². The fraction of sp³-hybridized carbons (Fsp3) is 0.241. The van der Waals surface area contributed by atoms with Gasteiger partial charge in [-0.15, -0.1) is 0 Å². The molecular formula is C29H28ClN5OS. The van der Waals surface area contributed by atoms with Crippen molar-refractivity contribution in [2.45, 2.75) is 19.0 Å². The summed E-state index contributed by atoms with van der Waals surface area (Å²) in [6.07, 6.45) is 3.92. The Bertz CT molecular complexity index is 1400. The van der Waals surface area contributed by atoms with E-state index < -0.39 is 0 Å². The maximum Gasteiger partial charge on any atom is 0.174 e. The molecule has 188 valence electrons. The van der Waals surface area contributed by atoms with Gasteiger partial charge in [-0.05, 0) is 91.4 Å². The fourth-order valence-electron chi connectivity index (χ4n) is 5.23. The number of nitrogens with one attached hydrogen (secondary N) is 1. The summed E-state index contributed by atoms with van der Waals surface area (Å²) < 4.78 is 7.74. The van der Waals surface area contributed by atoms with Crippen LogP contribution in [0.2, 0.25) is 5.02 Å². The van der Waals surface area contributed by atoms with Crippen molar-refractivity contribution in [2.75, 3.05) is 36.1 Å². The standard InChI is InChI=1S/C29H28ClN5OS/c1-20-19-23(11-12-24(20)30)34-14-4-6-26(34)28-27(25-5-2-3-13-31-25)32-29(37)35(28)22-9-7-21(8-10-22)33-15-17-36-18-16-33/h2-14,19,27-28H,15-18H2,1H3,(H,32,37)/t27-,28-/m1/s1. The average molecular weight is 530 g/mol. The summed E-state index contributed by atoms with van der Waals surface area (Å²) in [4.78, 5) is 9.26. The summed E-state index contributed by atoms with van der Waals surface area (Å²) in [5.41, 5.74) is 6.39. The van der Waals surface area contributed by atoms with E-state index in [9.17, 15) is 0 Å². The number of thiocarbonyl (C=S) groups is 1. The molecule has 0 radical (unpaired) electrons. The molecule has 2 aromatic carbocycles. The van der Waals surface area contributed by atoms with Crippen molar-refractivity contribution in [1.82, 2.24) is 14.9 Å². The molecule has 0 spiro atoms. The molecule has 0 bridgehead atoms. The molecule has 2 atom stereocenters. The van der Waals surface area contributed by atoms with Gasteiger partial charge in [-0.2, -0.15) is 0 Å². The molecule has 0 aliphatic carbocycles. The zero-order chi connectivity index (χ0) is 25.4. The van der Waals surface area contributed by atoms with Crippen LogP contribution in [0.4, 0.5) is 11.4 Å². The third-order valence-electron chi connectivity index (χ3n) is 7.11. The van der Waals surface area contributed by atoms with E-state index >= 15 is 0 Å². The number of halogens is 1. The lowest BCUT2D eigenvalue weighted by Gasteiger charge is -2.31. The number of hydrogen-bond acceptors (Lipinski definition) is 4. The highest BCUT2D eigenvalue weighted by Crippen LogP contribution is 2.42. The summed E-state index contributed by atoms with van der Waals surface area (Å²) in [5.74, 6) is 0. The van der Waals surface area contributed by atoms with Crippen molar-refractivity contribution in [1.29, 1.82) is 0 Å².